The van der Waals surface area contributed by atoms with E-state index in [4.69, 9.17) is 5.73 Å². The average molecular weight is 277 g/mol. The highest BCUT2D eigenvalue weighted by Gasteiger charge is 2.21. The van der Waals surface area contributed by atoms with Gasteiger partial charge < -0.3 is 11.1 Å². The van der Waals surface area contributed by atoms with Crippen molar-refractivity contribution in [1.82, 2.24) is 14.8 Å². The minimum Gasteiger partial charge on any atom is -0.368 e. The van der Waals surface area contributed by atoms with Crippen LogP contribution in [0.1, 0.15) is 13.0 Å². The van der Waals surface area contributed by atoms with Crippen molar-refractivity contribution in [2.24, 2.45) is 0 Å². The van der Waals surface area contributed by atoms with Gasteiger partial charge >= 0.3 is 0 Å². The predicted molar refractivity (Wildman–Crippen MR) is 76.0 cm³/mol. The molecule has 2 rings (SSSR count). The third-order valence-corrected chi connectivity index (χ3v) is 3.33. The van der Waals surface area contributed by atoms with Crippen LogP contribution in [-0.2, 0) is 4.79 Å². The number of carbonyl (C=O) groups is 1. The highest BCUT2D eigenvalue weighted by Crippen LogP contribution is 2.21. The van der Waals surface area contributed by atoms with Gasteiger partial charge in [0.1, 0.15) is 6.04 Å². The van der Waals surface area contributed by atoms with Crippen LogP contribution in [0.3, 0.4) is 0 Å². The summed E-state index contributed by atoms with van der Waals surface area (Å²) >= 11 is 1.40. The van der Waals surface area contributed by atoms with Crippen molar-refractivity contribution in [3.05, 3.63) is 30.3 Å². The standard InChI is InChI=1S/C12H15N5OS/c1-8(17-11(13)15-16-12(17)19-2)10(18)14-9-6-4-3-5-7-9/h3-8H,1-2H3,(H2,13,15)(H,14,18). The number of anilines is 2. The Bertz CT molecular complexity index is 569. The van der Waals surface area contributed by atoms with E-state index in [1.54, 1.807) is 11.5 Å². The number of carbonyl (C=O) groups excluding carboxylic acids is 1. The lowest BCUT2D eigenvalue weighted by Gasteiger charge is -2.15. The number of para-hydroxylation sites is 1. The number of rotatable bonds is 4. The Hall–Kier alpha value is -2.02. The van der Waals surface area contributed by atoms with Gasteiger partial charge in [-0.2, -0.15) is 0 Å². The summed E-state index contributed by atoms with van der Waals surface area (Å²) in [5.41, 5.74) is 6.49. The van der Waals surface area contributed by atoms with Gasteiger partial charge in [0.2, 0.25) is 11.9 Å². The monoisotopic (exact) mass is 277 g/mol. The molecule has 0 spiro atoms. The number of nitrogens with two attached hydrogens (primary N) is 1. The summed E-state index contributed by atoms with van der Waals surface area (Å²) in [5.74, 6) is 0.0769. The summed E-state index contributed by atoms with van der Waals surface area (Å²) in [4.78, 5) is 12.2. The number of aromatic nitrogens is 3. The van der Waals surface area contributed by atoms with Crippen LogP contribution in [0.15, 0.2) is 35.5 Å². The van der Waals surface area contributed by atoms with Crippen LogP contribution in [-0.4, -0.2) is 26.9 Å². The fourth-order valence-corrected chi connectivity index (χ4v) is 2.25. The third kappa shape index (κ3) is 2.87. The number of nitrogens with one attached hydrogen (secondary N) is 1. The summed E-state index contributed by atoms with van der Waals surface area (Å²) in [5, 5.41) is 11.2. The first-order chi connectivity index (χ1) is 9.13. The maximum Gasteiger partial charge on any atom is 0.247 e. The third-order valence-electron chi connectivity index (χ3n) is 2.68. The molecule has 1 unspecified atom stereocenters. The Balaban J connectivity index is 2.17. The lowest BCUT2D eigenvalue weighted by Crippen LogP contribution is -2.25. The molecule has 1 amide bonds. The fourth-order valence-electron chi connectivity index (χ4n) is 1.68. The highest BCUT2D eigenvalue weighted by molar-refractivity contribution is 7.98. The summed E-state index contributed by atoms with van der Waals surface area (Å²) in [6.45, 7) is 1.76. The van der Waals surface area contributed by atoms with Crippen molar-refractivity contribution in [2.45, 2.75) is 18.1 Å². The Morgan fingerprint density at radius 2 is 2.05 bits per heavy atom. The average Bonchev–Trinajstić information content (AvgIpc) is 2.80. The van der Waals surface area contributed by atoms with E-state index in [2.05, 4.69) is 15.5 Å². The Morgan fingerprint density at radius 1 is 1.37 bits per heavy atom. The van der Waals surface area contributed by atoms with Crippen molar-refractivity contribution in [3.63, 3.8) is 0 Å². The van der Waals surface area contributed by atoms with Crippen molar-refractivity contribution < 1.29 is 4.79 Å². The number of amides is 1. The van der Waals surface area contributed by atoms with E-state index in [0.29, 0.717) is 5.16 Å². The van der Waals surface area contributed by atoms with Gasteiger partial charge in [0, 0.05) is 5.69 Å². The van der Waals surface area contributed by atoms with Crippen LogP contribution >= 0.6 is 11.8 Å². The van der Waals surface area contributed by atoms with E-state index in [9.17, 15) is 4.79 Å². The number of hydrogen-bond acceptors (Lipinski definition) is 5. The molecular weight excluding hydrogens is 262 g/mol. The van der Waals surface area contributed by atoms with E-state index in [1.165, 1.54) is 11.8 Å². The van der Waals surface area contributed by atoms with Crippen molar-refractivity contribution >= 4 is 29.3 Å². The van der Waals surface area contributed by atoms with Crippen LogP contribution in [0.25, 0.3) is 0 Å². The molecule has 6 nitrogen and oxygen atoms in total. The molecular formula is C12H15N5OS. The second-order valence-electron chi connectivity index (χ2n) is 3.95. The summed E-state index contributed by atoms with van der Waals surface area (Å²) in [6, 6.07) is 8.80. The Labute approximate surface area is 115 Å². The molecule has 3 N–H and O–H groups in total. The molecule has 1 atom stereocenters. The molecule has 19 heavy (non-hydrogen) atoms. The maximum atomic E-state index is 12.2. The number of thioether (sulfide) groups is 1. The summed E-state index contributed by atoms with van der Waals surface area (Å²) < 4.78 is 1.61. The Kier molecular flexibility index (Phi) is 4.06. The number of benzene rings is 1. The molecule has 7 heteroatoms. The van der Waals surface area contributed by atoms with Gasteiger partial charge in [-0.3, -0.25) is 9.36 Å². The van der Waals surface area contributed by atoms with Gasteiger partial charge in [-0.15, -0.1) is 10.2 Å². The molecule has 100 valence electrons. The molecule has 1 aromatic heterocycles. The van der Waals surface area contributed by atoms with Crippen molar-refractivity contribution in [1.29, 1.82) is 0 Å². The molecule has 0 aliphatic heterocycles. The van der Waals surface area contributed by atoms with Crippen LogP contribution in [0.4, 0.5) is 11.6 Å². The van der Waals surface area contributed by atoms with Crippen LogP contribution in [0.2, 0.25) is 0 Å². The van der Waals surface area contributed by atoms with Gasteiger partial charge in [0.15, 0.2) is 5.16 Å². The Morgan fingerprint density at radius 3 is 2.68 bits per heavy atom. The molecule has 0 bridgehead atoms. The van der Waals surface area contributed by atoms with Crippen LogP contribution in [0.5, 0.6) is 0 Å². The molecule has 1 heterocycles. The molecule has 0 saturated carbocycles. The molecule has 0 saturated heterocycles. The lowest BCUT2D eigenvalue weighted by atomic mass is 10.2. The summed E-state index contributed by atoms with van der Waals surface area (Å²) in [7, 11) is 0. The molecule has 0 aliphatic carbocycles. The second-order valence-corrected chi connectivity index (χ2v) is 4.72. The first-order valence-electron chi connectivity index (χ1n) is 5.73. The molecule has 0 fully saturated rings. The minimum atomic E-state index is -0.474. The van der Waals surface area contributed by atoms with Crippen molar-refractivity contribution in [3.8, 4) is 0 Å². The SMILES string of the molecule is CSc1nnc(N)n1C(C)C(=O)Nc1ccccc1. The zero-order chi connectivity index (χ0) is 13.8. The van der Waals surface area contributed by atoms with Gasteiger partial charge in [0.25, 0.3) is 0 Å². The van der Waals surface area contributed by atoms with E-state index in [0.717, 1.165) is 5.69 Å². The van der Waals surface area contributed by atoms with Crippen molar-refractivity contribution in [2.75, 3.05) is 17.3 Å². The second kappa shape index (κ2) is 5.75. The lowest BCUT2D eigenvalue weighted by molar-refractivity contribution is -0.118. The normalized spacial score (nSPS) is 12.1. The molecule has 1 aromatic carbocycles. The first-order valence-corrected chi connectivity index (χ1v) is 6.96. The van der Waals surface area contributed by atoms with E-state index in [-0.39, 0.29) is 11.9 Å². The smallest absolute Gasteiger partial charge is 0.247 e. The van der Waals surface area contributed by atoms with Gasteiger partial charge in [-0.25, -0.2) is 0 Å². The maximum absolute atomic E-state index is 12.2. The quantitative estimate of drug-likeness (QED) is 0.832. The van der Waals surface area contributed by atoms with Gasteiger partial charge in [0.05, 0.1) is 0 Å². The minimum absolute atomic E-state index is 0.159. The number of hydrogen-bond donors (Lipinski definition) is 2. The zero-order valence-electron chi connectivity index (χ0n) is 10.7. The van der Waals surface area contributed by atoms with E-state index in [1.807, 2.05) is 36.6 Å². The summed E-state index contributed by atoms with van der Waals surface area (Å²) in [6.07, 6.45) is 1.86. The molecule has 0 radical (unpaired) electrons. The topological polar surface area (TPSA) is 85.8 Å². The largest absolute Gasteiger partial charge is 0.368 e. The number of nitrogen functional groups attached to an aromatic ring is 1. The van der Waals surface area contributed by atoms with Gasteiger partial charge in [-0.05, 0) is 25.3 Å². The first kappa shape index (κ1) is 13.4. The fraction of sp³-hybridized carbons (Fsp3) is 0.250. The van der Waals surface area contributed by atoms with Gasteiger partial charge in [-0.1, -0.05) is 30.0 Å². The van der Waals surface area contributed by atoms with E-state index < -0.39 is 6.04 Å². The number of nitrogens with zero attached hydrogens (tertiary/aromatic N) is 3. The van der Waals surface area contributed by atoms with E-state index >= 15 is 0 Å². The predicted octanol–water partition coefficient (Wildman–Crippen LogP) is 1.78. The van der Waals surface area contributed by atoms with Crippen LogP contribution in [0, 0.1) is 0 Å². The highest BCUT2D eigenvalue weighted by atomic mass is 32.2. The molecule has 2 aromatic rings. The van der Waals surface area contributed by atoms with Crippen LogP contribution < -0.4 is 11.1 Å². The zero-order valence-corrected chi connectivity index (χ0v) is 11.5. The molecule has 0 aliphatic rings.